The minimum Gasteiger partial charge on any atom is -0.493 e. The smallest absolute Gasteiger partial charge is 0.264 e. The van der Waals surface area contributed by atoms with Crippen molar-refractivity contribution < 1.29 is 27.5 Å². The molecule has 1 N–H and O–H groups in total. The largest absolute Gasteiger partial charge is 0.493 e. The Hall–Kier alpha value is -3.76. The molecule has 0 aromatic heterocycles. The molecule has 9 nitrogen and oxygen atoms in total. The van der Waals surface area contributed by atoms with Gasteiger partial charge in [-0.2, -0.15) is 0 Å². The van der Waals surface area contributed by atoms with Crippen molar-refractivity contribution >= 4 is 39.1 Å². The van der Waals surface area contributed by atoms with E-state index < -0.39 is 28.5 Å². The molecule has 0 heterocycles. The molecule has 0 unspecified atom stereocenters. The Balaban J connectivity index is 2.06. The zero-order chi connectivity index (χ0) is 31.0. The third-order valence-electron chi connectivity index (χ3n) is 6.98. The lowest BCUT2D eigenvalue weighted by Crippen LogP contribution is -2.52. The zero-order valence-electron chi connectivity index (χ0n) is 24.8. The van der Waals surface area contributed by atoms with E-state index in [0.29, 0.717) is 22.9 Å². The molecule has 0 fully saturated rings. The number of amides is 2. The highest BCUT2D eigenvalue weighted by Gasteiger charge is 2.33. The van der Waals surface area contributed by atoms with E-state index in [1.54, 1.807) is 55.5 Å². The average molecular weight is 616 g/mol. The van der Waals surface area contributed by atoms with Crippen LogP contribution in [0.15, 0.2) is 71.6 Å². The number of sulfonamides is 1. The molecule has 0 aliphatic heterocycles. The summed E-state index contributed by atoms with van der Waals surface area (Å²) in [6, 6.07) is 17.0. The van der Waals surface area contributed by atoms with Crippen LogP contribution in [0.25, 0.3) is 0 Å². The van der Waals surface area contributed by atoms with Crippen molar-refractivity contribution in [3.63, 3.8) is 0 Å². The molecule has 2 amide bonds. The molecule has 226 valence electrons. The molecule has 42 heavy (non-hydrogen) atoms. The third-order valence-corrected chi connectivity index (χ3v) is 9.00. The van der Waals surface area contributed by atoms with Crippen LogP contribution in [0.1, 0.15) is 38.3 Å². The minimum atomic E-state index is -4.27. The average Bonchev–Trinajstić information content (AvgIpc) is 2.98. The van der Waals surface area contributed by atoms with Crippen LogP contribution in [0.3, 0.4) is 0 Å². The number of nitrogens with zero attached hydrogens (tertiary/aromatic N) is 2. The topological polar surface area (TPSA) is 105 Å². The summed E-state index contributed by atoms with van der Waals surface area (Å²) in [6.45, 7) is 6.87. The molecule has 0 aliphatic carbocycles. The molecule has 0 bridgehead atoms. The third kappa shape index (κ3) is 7.95. The standard InChI is InChI=1S/C31H38ClN3O6S/c1-7-22(3)33-31(37)23(4)34(19-24-10-12-25(32)13-11-24)30(36)20-35(26-14-8-21(2)9-15-26)42(38,39)27-16-17-28(40-5)29(18-27)41-6/h8-18,22-23H,7,19-20H2,1-6H3,(H,33,37)/t22-,23+/m1/s1. The predicted molar refractivity (Wildman–Crippen MR) is 165 cm³/mol. The fraction of sp³-hybridized carbons (Fsp3) is 0.355. The van der Waals surface area contributed by atoms with Crippen molar-refractivity contribution in [1.82, 2.24) is 10.2 Å². The van der Waals surface area contributed by atoms with Gasteiger partial charge in [-0.15, -0.1) is 0 Å². The van der Waals surface area contributed by atoms with Crippen LogP contribution in [0.2, 0.25) is 5.02 Å². The Bertz CT molecular complexity index is 1480. The second-order valence-corrected chi connectivity index (χ2v) is 12.3. The van der Waals surface area contributed by atoms with Crippen molar-refractivity contribution in [2.24, 2.45) is 0 Å². The van der Waals surface area contributed by atoms with Gasteiger partial charge in [0.05, 0.1) is 24.8 Å². The molecule has 0 saturated heterocycles. The van der Waals surface area contributed by atoms with Crippen molar-refractivity contribution in [3.05, 3.63) is 82.9 Å². The number of ether oxygens (including phenoxy) is 2. The van der Waals surface area contributed by atoms with Gasteiger partial charge in [-0.05, 0) is 69.2 Å². The lowest BCUT2D eigenvalue weighted by molar-refractivity contribution is -0.139. The number of halogens is 1. The Morgan fingerprint density at radius 1 is 0.929 bits per heavy atom. The van der Waals surface area contributed by atoms with Crippen LogP contribution in [0.4, 0.5) is 5.69 Å². The van der Waals surface area contributed by atoms with Crippen molar-refractivity contribution in [2.75, 3.05) is 25.1 Å². The predicted octanol–water partition coefficient (Wildman–Crippen LogP) is 5.19. The van der Waals surface area contributed by atoms with Gasteiger partial charge in [-0.25, -0.2) is 8.42 Å². The van der Waals surface area contributed by atoms with E-state index >= 15 is 0 Å². The van der Waals surface area contributed by atoms with Gasteiger partial charge in [-0.3, -0.25) is 13.9 Å². The maximum Gasteiger partial charge on any atom is 0.264 e. The van der Waals surface area contributed by atoms with Crippen LogP contribution >= 0.6 is 11.6 Å². The first-order valence-electron chi connectivity index (χ1n) is 13.6. The maximum atomic E-state index is 14.1. The molecule has 0 saturated carbocycles. The van der Waals surface area contributed by atoms with Crippen molar-refractivity contribution in [1.29, 1.82) is 0 Å². The molecule has 11 heteroatoms. The van der Waals surface area contributed by atoms with Gasteiger partial charge in [0.15, 0.2) is 11.5 Å². The van der Waals surface area contributed by atoms with Crippen molar-refractivity contribution in [2.45, 2.75) is 57.6 Å². The number of hydrogen-bond donors (Lipinski definition) is 1. The normalized spacial score (nSPS) is 12.6. The van der Waals surface area contributed by atoms with E-state index in [0.717, 1.165) is 15.4 Å². The van der Waals surface area contributed by atoms with E-state index in [9.17, 15) is 18.0 Å². The molecule has 3 rings (SSSR count). The van der Waals surface area contributed by atoms with Crippen LogP contribution in [0, 0.1) is 6.92 Å². The second-order valence-electron chi connectivity index (χ2n) is 10.0. The van der Waals surface area contributed by atoms with E-state index in [1.165, 1.54) is 37.3 Å². The number of benzene rings is 3. The summed E-state index contributed by atoms with van der Waals surface area (Å²) < 4.78 is 39.8. The van der Waals surface area contributed by atoms with E-state index in [2.05, 4.69) is 5.32 Å². The Kier molecular flexibility index (Phi) is 11.2. The maximum absolute atomic E-state index is 14.1. The van der Waals surface area contributed by atoms with E-state index in [4.69, 9.17) is 21.1 Å². The molecule has 3 aromatic rings. The molecular weight excluding hydrogens is 578 g/mol. The molecule has 2 atom stereocenters. The first-order chi connectivity index (χ1) is 19.9. The second kappa shape index (κ2) is 14.4. The summed E-state index contributed by atoms with van der Waals surface area (Å²) in [5, 5.41) is 3.45. The van der Waals surface area contributed by atoms with Gasteiger partial charge in [-0.1, -0.05) is 48.4 Å². The van der Waals surface area contributed by atoms with Gasteiger partial charge < -0.3 is 19.7 Å². The van der Waals surface area contributed by atoms with Crippen LogP contribution in [-0.2, 0) is 26.2 Å². The van der Waals surface area contributed by atoms with Gasteiger partial charge in [0.25, 0.3) is 10.0 Å². The number of anilines is 1. The lowest BCUT2D eigenvalue weighted by atomic mass is 10.1. The highest BCUT2D eigenvalue weighted by atomic mass is 35.5. The Morgan fingerprint density at radius 2 is 1.55 bits per heavy atom. The van der Waals surface area contributed by atoms with Gasteiger partial charge in [0.2, 0.25) is 11.8 Å². The Morgan fingerprint density at radius 3 is 2.12 bits per heavy atom. The number of methoxy groups -OCH3 is 2. The van der Waals surface area contributed by atoms with Crippen LogP contribution in [0.5, 0.6) is 11.5 Å². The molecule has 0 aliphatic rings. The Labute approximate surface area is 253 Å². The highest BCUT2D eigenvalue weighted by molar-refractivity contribution is 7.92. The number of aryl methyl sites for hydroxylation is 1. The summed E-state index contributed by atoms with van der Waals surface area (Å²) in [5.41, 5.74) is 1.96. The number of carbonyl (C=O) groups is 2. The van der Waals surface area contributed by atoms with Gasteiger partial charge in [0.1, 0.15) is 12.6 Å². The number of rotatable bonds is 13. The fourth-order valence-corrected chi connectivity index (χ4v) is 5.73. The molecule has 3 aromatic carbocycles. The summed E-state index contributed by atoms with van der Waals surface area (Å²) in [7, 11) is -1.40. The van der Waals surface area contributed by atoms with Crippen LogP contribution < -0.4 is 19.1 Å². The van der Waals surface area contributed by atoms with Gasteiger partial charge in [0, 0.05) is 23.7 Å². The number of carbonyl (C=O) groups excluding carboxylic acids is 2. The fourth-order valence-electron chi connectivity index (χ4n) is 4.18. The molecule has 0 radical (unpaired) electrons. The summed E-state index contributed by atoms with van der Waals surface area (Å²) in [5.74, 6) is -0.296. The first-order valence-corrected chi connectivity index (χ1v) is 15.4. The van der Waals surface area contributed by atoms with E-state index in [-0.39, 0.29) is 29.1 Å². The lowest BCUT2D eigenvalue weighted by Gasteiger charge is -2.32. The highest BCUT2D eigenvalue weighted by Crippen LogP contribution is 2.32. The van der Waals surface area contributed by atoms with E-state index in [1.807, 2.05) is 20.8 Å². The summed E-state index contributed by atoms with van der Waals surface area (Å²) in [6.07, 6.45) is 0.717. The zero-order valence-corrected chi connectivity index (χ0v) is 26.3. The molecular formula is C31H38ClN3O6S. The number of nitrogens with one attached hydrogen (secondary N) is 1. The monoisotopic (exact) mass is 615 g/mol. The van der Waals surface area contributed by atoms with Crippen molar-refractivity contribution in [3.8, 4) is 11.5 Å². The number of hydrogen-bond acceptors (Lipinski definition) is 6. The summed E-state index contributed by atoms with van der Waals surface area (Å²) in [4.78, 5) is 28.5. The SMILES string of the molecule is CC[C@@H](C)NC(=O)[C@H](C)N(Cc1ccc(Cl)cc1)C(=O)CN(c1ccc(C)cc1)S(=O)(=O)c1ccc(OC)c(OC)c1. The van der Waals surface area contributed by atoms with Crippen LogP contribution in [-0.4, -0.2) is 58.0 Å². The quantitative estimate of drug-likeness (QED) is 0.284. The van der Waals surface area contributed by atoms with Gasteiger partial charge >= 0.3 is 0 Å². The molecule has 0 spiro atoms. The first kappa shape index (κ1) is 32.8. The summed E-state index contributed by atoms with van der Waals surface area (Å²) >= 11 is 6.06. The minimum absolute atomic E-state index is 0.0727.